The van der Waals surface area contributed by atoms with E-state index < -0.39 is 11.8 Å². The van der Waals surface area contributed by atoms with Gasteiger partial charge in [-0.1, -0.05) is 127 Å². The molecule has 6 aromatic heterocycles. The van der Waals surface area contributed by atoms with Crippen molar-refractivity contribution >= 4 is 41.7 Å². The van der Waals surface area contributed by atoms with Crippen molar-refractivity contribution in [2.45, 2.75) is 102 Å². The molecule has 6 aromatic carbocycles. The molecule has 12 aromatic rings. The Labute approximate surface area is 664 Å². The number of esters is 1. The van der Waals surface area contributed by atoms with Gasteiger partial charge in [-0.25, -0.2) is 19.7 Å². The van der Waals surface area contributed by atoms with Crippen LogP contribution in [0.4, 0.5) is 0 Å². The number of nitrogens with zero attached hydrogens (tertiary/aromatic N) is 17. The molecule has 111 heavy (non-hydrogen) atoms. The number of hydrogen-bond acceptors (Lipinski definition) is 21. The average Bonchev–Trinajstić information content (AvgIpc) is 1.66. The molecule has 32 heteroatoms. The van der Waals surface area contributed by atoms with Crippen LogP contribution < -0.4 is 0 Å². The second kappa shape index (κ2) is 38.9. The Kier molecular flexibility index (Phi) is 28.6. The number of amides is 3. The molecule has 3 fully saturated rings. The normalized spacial score (nSPS) is 17.0. The van der Waals surface area contributed by atoms with Gasteiger partial charge < -0.3 is 48.4 Å². The summed E-state index contributed by atoms with van der Waals surface area (Å²) in [5, 5.41) is 41.8. The number of Topliss-reactive ketones (excluding diaryl/α,β-unsaturated/α-hetero) is 1. The number of oxazole rings is 3. The van der Waals surface area contributed by atoms with Gasteiger partial charge in [-0.05, 0) is 95.7 Å². The second-order valence-electron chi connectivity index (χ2n) is 25.8. The van der Waals surface area contributed by atoms with Crippen molar-refractivity contribution in [2.75, 3.05) is 33.9 Å². The number of carboxylic acid groups (broad SMARTS) is 1. The first-order chi connectivity index (χ1) is 53.6. The number of para-hydroxylation sites is 3. The van der Waals surface area contributed by atoms with Crippen LogP contribution in [0.3, 0.4) is 0 Å². The van der Waals surface area contributed by atoms with Crippen LogP contribution >= 0.6 is 0 Å². The van der Waals surface area contributed by atoms with Gasteiger partial charge in [0.1, 0.15) is 0 Å². The van der Waals surface area contributed by atoms with Gasteiger partial charge in [0.15, 0.2) is 34.6 Å². The number of hydrogen-bond donors (Lipinski definition) is 2. The van der Waals surface area contributed by atoms with E-state index in [0.717, 1.165) is 57.4 Å². The Morgan fingerprint density at radius 3 is 1.12 bits per heavy atom. The van der Waals surface area contributed by atoms with Crippen molar-refractivity contribution in [3.05, 3.63) is 258 Å². The van der Waals surface area contributed by atoms with Gasteiger partial charge in [-0.2, -0.15) is 49.8 Å². The first-order valence-corrected chi connectivity index (χ1v) is 35.8. The number of carbonyl (C=O) groups excluding carboxylic acids is 5. The number of benzene rings is 6. The summed E-state index contributed by atoms with van der Waals surface area (Å²) in [6, 6.07) is 49.6. The fourth-order valence-corrected chi connectivity index (χ4v) is 13.5. The van der Waals surface area contributed by atoms with Crippen molar-refractivity contribution in [3.63, 3.8) is 0 Å². The molecule has 1 radical (unpaired) electrons. The molecule has 0 saturated carbocycles. The molecule has 3 aliphatic heterocycles. The summed E-state index contributed by atoms with van der Waals surface area (Å²) < 4.78 is 31.3. The van der Waals surface area contributed by atoms with E-state index >= 15 is 0 Å². The molecule has 3 amide bonds. The second-order valence-corrected chi connectivity index (χ2v) is 25.8. The van der Waals surface area contributed by atoms with Gasteiger partial charge in [0.25, 0.3) is 23.5 Å². The number of ketones is 1. The molecule has 3 saturated heterocycles. The monoisotopic (exact) mass is 1690 g/mol. The van der Waals surface area contributed by atoms with Gasteiger partial charge >= 0.3 is 42.4 Å². The number of methoxy groups -OCH3 is 1. The quantitative estimate of drug-likeness (QED) is 0.0213. The van der Waals surface area contributed by atoms with Crippen LogP contribution in [-0.4, -0.2) is 183 Å². The van der Waals surface area contributed by atoms with Gasteiger partial charge in [-0.15, -0.1) is 0 Å². The predicted octanol–water partition coefficient (Wildman–Crippen LogP) is 11.4. The minimum atomic E-state index is -1.15. The molecule has 578 valence electrons. The number of likely N-dealkylation sites (tertiary alicyclic amines) is 3. The molecule has 3 aliphatic rings. The summed E-state index contributed by atoms with van der Waals surface area (Å²) in [7, 11) is 2.36. The molecule has 2 N–H and O–H groups in total. The summed E-state index contributed by atoms with van der Waals surface area (Å²) >= 11 is 1.70. The van der Waals surface area contributed by atoms with Crippen LogP contribution in [0.15, 0.2) is 214 Å². The van der Waals surface area contributed by atoms with Gasteiger partial charge in [0.05, 0.1) is 108 Å². The third-order valence-electron chi connectivity index (χ3n) is 19.0. The summed E-state index contributed by atoms with van der Waals surface area (Å²) in [4.78, 5) is 104. The van der Waals surface area contributed by atoms with Crippen LogP contribution in [0.2, 0.25) is 0 Å². The van der Waals surface area contributed by atoms with Crippen LogP contribution in [0.1, 0.15) is 152 Å². The van der Waals surface area contributed by atoms with Crippen LogP contribution in [0.5, 0.6) is 0 Å². The van der Waals surface area contributed by atoms with E-state index in [2.05, 4.69) is 52.3 Å². The summed E-state index contributed by atoms with van der Waals surface area (Å²) in [5.74, 6) is -0.672. The average molecular weight is 1690 g/mol. The maximum atomic E-state index is 13.7. The molecule has 6 atom stereocenters. The van der Waals surface area contributed by atoms with Crippen LogP contribution in [0, 0.1) is 0 Å². The Bertz CT molecular complexity index is 5160. The summed E-state index contributed by atoms with van der Waals surface area (Å²) in [5.41, 5.74) is 14.9. The molecule has 0 unspecified atom stereocenters. The molecular formula is C79H77Ag2N17O13. The first-order valence-electron chi connectivity index (χ1n) is 35.2. The van der Waals surface area contributed by atoms with Gasteiger partial charge in [0, 0.05) is 83.9 Å². The summed E-state index contributed by atoms with van der Waals surface area (Å²) in [6.07, 6.45) is 14.8. The predicted molar refractivity (Wildman–Crippen MR) is 393 cm³/mol. The van der Waals surface area contributed by atoms with E-state index in [9.17, 15) is 33.9 Å². The number of aliphatic hydroxyl groups is 1. The Hall–Kier alpha value is -12.0. The number of aliphatic hydroxyl groups excluding tert-OH is 1. The molecular weight excluding hydrogens is 1610 g/mol. The Morgan fingerprint density at radius 1 is 0.468 bits per heavy atom. The van der Waals surface area contributed by atoms with Gasteiger partial charge in [-0.3, -0.25) is 24.0 Å². The summed E-state index contributed by atoms with van der Waals surface area (Å²) in [6.45, 7) is 7.27. The zero-order chi connectivity index (χ0) is 77.8. The zero-order valence-corrected chi connectivity index (χ0v) is 63.7. The number of aromatic carboxylic acids is 1. The van der Waals surface area contributed by atoms with Gasteiger partial charge in [0.2, 0.25) is 11.8 Å². The third kappa shape index (κ3) is 19.0. The number of piperidine rings is 3. The number of aromatic nitrogens is 12. The van der Waals surface area contributed by atoms with Crippen molar-refractivity contribution in [1.29, 1.82) is 0 Å². The molecule has 30 nitrogen and oxygen atoms in total. The molecule has 15 rings (SSSR count). The van der Waals surface area contributed by atoms with Crippen molar-refractivity contribution in [1.82, 2.24) is 74.6 Å². The Morgan fingerprint density at radius 2 is 0.775 bits per heavy atom. The van der Waals surface area contributed by atoms with E-state index in [1.54, 1.807) is 110 Å². The number of carbonyl (C=O) groups is 6. The zero-order valence-electron chi connectivity index (χ0n) is 60.8. The van der Waals surface area contributed by atoms with Crippen LogP contribution in [-0.2, 0) is 62.6 Å². The maximum absolute atomic E-state index is 13.7. The van der Waals surface area contributed by atoms with Crippen molar-refractivity contribution < 1.29 is 108 Å². The van der Waals surface area contributed by atoms with E-state index in [-0.39, 0.29) is 106 Å². The SMILES string of the molecule is CO.COC(=O)Cc1nc([C@@H]2CC[C@@H](C)N(C(=O)c3ccccc3-n3nccn3)C2)oc1-c1ccccc1.C[C@@H]1CC[C@@H](c2nc(C(=O)C=[N+]=[N-])c(-c3ccccc3)o2)CN1C(=O)c1ccccc1-n1nccn1.C[C@@H]1CC[C@@H](c2nc(C(=O)O)c(-c3ccccc3)o2)CN1C(=O)c1ccccc1-n1nccn1.[Ag].[O]=[Ag]. The van der Waals surface area contributed by atoms with Crippen molar-refractivity contribution in [2.24, 2.45) is 0 Å². The third-order valence-corrected chi connectivity index (χ3v) is 19.0. The Balaban J connectivity index is 0.000000172. The number of ether oxygens (including phenoxy) is 1. The molecule has 0 aliphatic carbocycles. The molecule has 0 bridgehead atoms. The first kappa shape index (κ1) is 81.5. The molecule has 9 heterocycles. The fourth-order valence-electron chi connectivity index (χ4n) is 13.5. The van der Waals surface area contributed by atoms with E-state index in [1.165, 1.54) is 21.5 Å². The van der Waals surface area contributed by atoms with E-state index in [0.29, 0.717) is 99.4 Å². The molecule has 0 spiro atoms. The van der Waals surface area contributed by atoms with E-state index in [1.807, 2.05) is 140 Å². The van der Waals surface area contributed by atoms with Crippen LogP contribution in [0.25, 0.3) is 56.6 Å². The van der Waals surface area contributed by atoms with Crippen molar-refractivity contribution in [3.8, 4) is 51.0 Å². The fraction of sp³-hybridized carbons (Fsp3) is 0.266. The minimum absolute atomic E-state index is 0. The topological polar surface area (TPSA) is 386 Å². The number of rotatable bonds is 17. The number of carboxylic acids is 1. The van der Waals surface area contributed by atoms with E-state index in [4.69, 9.17) is 36.9 Å². The standard InChI is InChI=1S/C27H27N5O4.C26H23N7O3.C25H23N5O4.CH4O.2Ag.O/c1-18-12-13-20(17-31(18)27(34)21-10-6-7-11-23(21)32-28-14-15-29-32)26-30-22(16-24(33)35-2)25(36-26)19-8-4-3-5-9-19;1-17-11-12-19(16-32(17)26(35)20-9-5-6-10-21(20)33-29-13-14-30-33)25-31-23(22(34)15-28-27)24(36-25)18-7-3-2-4-8-18;1-16-11-12-18(23-28-21(25(32)33)22(34-23)17-7-3-2-4-8-17)15-29(16)24(31)19-9-5-6-10-20(19)30-26-13-14-27-30;1-2;;;/h3-11,14-15,18,20H,12-13,16-17H2,1-2H3;2-10,13-15,17,19H,11-12,16H2,1H3;2-10,13-14,16,18H,11-12,15H2,1H3,(H,32,33);2H,1H3;;;/t18-,20-;17-,19-;16-,18-;;;;/m111..../s1.